The number of carbonyl (C=O) groups excluding carboxylic acids is 2. The molecule has 1 amide bonds. The minimum atomic E-state index is -0.447. The van der Waals surface area contributed by atoms with Crippen LogP contribution in [0.25, 0.3) is 0 Å². The summed E-state index contributed by atoms with van der Waals surface area (Å²) in [6, 6.07) is 7.23. The molecule has 1 aromatic carbocycles. The molecule has 4 nitrogen and oxygen atoms in total. The van der Waals surface area contributed by atoms with Gasteiger partial charge in [0.05, 0.1) is 12.5 Å². The summed E-state index contributed by atoms with van der Waals surface area (Å²) in [6.45, 7) is 2.87. The first kappa shape index (κ1) is 12.9. The molecule has 0 bridgehead atoms. The van der Waals surface area contributed by atoms with Gasteiger partial charge in [0, 0.05) is 18.7 Å². The summed E-state index contributed by atoms with van der Waals surface area (Å²) in [7, 11) is 0. The number of hydrogen-bond acceptors (Lipinski definition) is 3. The first-order valence-electron chi connectivity index (χ1n) is 5.84. The molecule has 96 valence electrons. The maximum atomic E-state index is 11.8. The Labute approximate surface area is 110 Å². The molecule has 18 heavy (non-hydrogen) atoms. The lowest BCUT2D eigenvalue weighted by atomic mass is 10.1. The number of carbonyl (C=O) groups is 2. The van der Waals surface area contributed by atoms with Gasteiger partial charge in [-0.1, -0.05) is 0 Å². The van der Waals surface area contributed by atoms with Crippen LogP contribution in [-0.2, 0) is 9.59 Å². The standard InChI is InChI=1S/C13H14ClNO3/c1-2-18-11-5-3-10(4-6-11)15-8-9(13(14)17)7-12(15)16/h3-6,9H,2,7-8H2,1H3/t9-/m0/s1. The Morgan fingerprint density at radius 2 is 2.11 bits per heavy atom. The normalized spacial score (nSPS) is 19.1. The molecule has 0 N–H and O–H groups in total. The second-order valence-electron chi connectivity index (χ2n) is 4.14. The topological polar surface area (TPSA) is 46.6 Å². The first-order chi connectivity index (χ1) is 8.61. The summed E-state index contributed by atoms with van der Waals surface area (Å²) < 4.78 is 5.33. The number of rotatable bonds is 4. The zero-order chi connectivity index (χ0) is 13.1. The molecule has 0 spiro atoms. The van der Waals surface area contributed by atoms with Gasteiger partial charge in [-0.15, -0.1) is 0 Å². The van der Waals surface area contributed by atoms with Crippen molar-refractivity contribution in [3.05, 3.63) is 24.3 Å². The summed E-state index contributed by atoms with van der Waals surface area (Å²) in [5.41, 5.74) is 0.767. The van der Waals surface area contributed by atoms with Gasteiger partial charge in [-0.25, -0.2) is 0 Å². The van der Waals surface area contributed by atoms with E-state index in [1.165, 1.54) is 0 Å². The molecule has 1 aromatic rings. The summed E-state index contributed by atoms with van der Waals surface area (Å²) in [5.74, 6) is 0.293. The highest BCUT2D eigenvalue weighted by atomic mass is 35.5. The number of hydrogen-bond donors (Lipinski definition) is 0. The van der Waals surface area contributed by atoms with E-state index in [4.69, 9.17) is 16.3 Å². The van der Waals surface area contributed by atoms with Crippen molar-refractivity contribution >= 4 is 28.4 Å². The van der Waals surface area contributed by atoms with Crippen LogP contribution in [0.4, 0.5) is 5.69 Å². The van der Waals surface area contributed by atoms with E-state index < -0.39 is 11.2 Å². The van der Waals surface area contributed by atoms with Crippen LogP contribution in [0.5, 0.6) is 5.75 Å². The molecule has 1 aliphatic rings. The third kappa shape index (κ3) is 2.64. The smallest absolute Gasteiger partial charge is 0.227 e. The van der Waals surface area contributed by atoms with E-state index in [9.17, 15) is 9.59 Å². The number of amides is 1. The molecule has 1 fully saturated rings. The molecule has 0 saturated carbocycles. The fourth-order valence-corrected chi connectivity index (χ4v) is 2.14. The molecule has 0 radical (unpaired) electrons. The van der Waals surface area contributed by atoms with Crippen molar-refractivity contribution in [1.82, 2.24) is 0 Å². The quantitative estimate of drug-likeness (QED) is 0.786. The van der Waals surface area contributed by atoms with Crippen molar-refractivity contribution in [2.24, 2.45) is 5.92 Å². The van der Waals surface area contributed by atoms with Gasteiger partial charge in [-0.3, -0.25) is 9.59 Å². The lowest BCUT2D eigenvalue weighted by molar-refractivity contribution is -0.120. The number of anilines is 1. The predicted molar refractivity (Wildman–Crippen MR) is 68.9 cm³/mol. The van der Waals surface area contributed by atoms with Crippen molar-refractivity contribution in [2.45, 2.75) is 13.3 Å². The van der Waals surface area contributed by atoms with Crippen LogP contribution in [0.3, 0.4) is 0 Å². The second kappa shape index (κ2) is 5.40. The number of halogens is 1. The fraction of sp³-hybridized carbons (Fsp3) is 0.385. The largest absolute Gasteiger partial charge is 0.494 e. The van der Waals surface area contributed by atoms with Crippen LogP contribution in [0, 0.1) is 5.92 Å². The maximum Gasteiger partial charge on any atom is 0.227 e. The van der Waals surface area contributed by atoms with E-state index in [0.717, 1.165) is 11.4 Å². The Morgan fingerprint density at radius 3 is 2.61 bits per heavy atom. The number of nitrogens with zero attached hydrogens (tertiary/aromatic N) is 1. The molecule has 1 saturated heterocycles. The van der Waals surface area contributed by atoms with E-state index in [1.54, 1.807) is 4.90 Å². The second-order valence-corrected chi connectivity index (χ2v) is 4.51. The highest BCUT2D eigenvalue weighted by Crippen LogP contribution is 2.27. The molecule has 0 aromatic heterocycles. The zero-order valence-corrected chi connectivity index (χ0v) is 10.8. The molecular formula is C13H14ClNO3. The number of ether oxygens (including phenoxy) is 1. The van der Waals surface area contributed by atoms with Crippen LogP contribution in [0.1, 0.15) is 13.3 Å². The Kier molecular flexibility index (Phi) is 3.87. The van der Waals surface area contributed by atoms with Gasteiger partial charge < -0.3 is 9.64 Å². The van der Waals surface area contributed by atoms with Gasteiger partial charge in [0.15, 0.2) is 0 Å². The third-order valence-electron chi connectivity index (χ3n) is 2.91. The van der Waals surface area contributed by atoms with Crippen molar-refractivity contribution in [2.75, 3.05) is 18.1 Å². The lowest BCUT2D eigenvalue weighted by Crippen LogP contribution is -2.25. The summed E-state index contributed by atoms with van der Waals surface area (Å²) in [5, 5.41) is -0.447. The lowest BCUT2D eigenvalue weighted by Gasteiger charge is -2.16. The average molecular weight is 268 g/mol. The van der Waals surface area contributed by atoms with Gasteiger partial charge in [0.25, 0.3) is 0 Å². The Bertz CT molecular complexity index is 458. The highest BCUT2D eigenvalue weighted by molar-refractivity contribution is 6.64. The van der Waals surface area contributed by atoms with E-state index in [0.29, 0.717) is 13.2 Å². The first-order valence-corrected chi connectivity index (χ1v) is 6.22. The zero-order valence-electron chi connectivity index (χ0n) is 10.1. The van der Waals surface area contributed by atoms with Gasteiger partial charge >= 0.3 is 0 Å². The van der Waals surface area contributed by atoms with Gasteiger partial charge in [0.2, 0.25) is 11.1 Å². The molecular weight excluding hydrogens is 254 g/mol. The summed E-state index contributed by atoms with van der Waals surface area (Å²) in [4.78, 5) is 24.4. The van der Waals surface area contributed by atoms with Crippen LogP contribution in [-0.4, -0.2) is 24.3 Å². The Hall–Kier alpha value is -1.55. The summed E-state index contributed by atoms with van der Waals surface area (Å²) in [6.07, 6.45) is 0.190. The van der Waals surface area contributed by atoms with Crippen LogP contribution in [0.15, 0.2) is 24.3 Å². The highest BCUT2D eigenvalue weighted by Gasteiger charge is 2.34. The fourth-order valence-electron chi connectivity index (χ4n) is 2.00. The molecule has 1 heterocycles. The maximum absolute atomic E-state index is 11.8. The van der Waals surface area contributed by atoms with Crippen LogP contribution < -0.4 is 9.64 Å². The average Bonchev–Trinajstić information content (AvgIpc) is 2.73. The van der Waals surface area contributed by atoms with Gasteiger partial charge in [-0.05, 0) is 42.8 Å². The van der Waals surface area contributed by atoms with E-state index in [1.807, 2.05) is 31.2 Å². The molecule has 1 aliphatic heterocycles. The minimum Gasteiger partial charge on any atom is -0.494 e. The number of benzene rings is 1. The van der Waals surface area contributed by atoms with Crippen LogP contribution >= 0.6 is 11.6 Å². The third-order valence-corrected chi connectivity index (χ3v) is 3.21. The minimum absolute atomic E-state index is 0.0711. The van der Waals surface area contributed by atoms with Crippen molar-refractivity contribution in [3.63, 3.8) is 0 Å². The molecule has 1 atom stereocenters. The molecule has 0 unspecified atom stereocenters. The van der Waals surface area contributed by atoms with E-state index in [-0.39, 0.29) is 12.3 Å². The van der Waals surface area contributed by atoms with E-state index >= 15 is 0 Å². The predicted octanol–water partition coefficient (Wildman–Crippen LogP) is 2.20. The molecule has 2 rings (SSSR count). The Balaban J connectivity index is 2.12. The monoisotopic (exact) mass is 267 g/mol. The molecule has 0 aliphatic carbocycles. The van der Waals surface area contributed by atoms with Crippen molar-refractivity contribution in [1.29, 1.82) is 0 Å². The van der Waals surface area contributed by atoms with Crippen molar-refractivity contribution in [3.8, 4) is 5.75 Å². The van der Waals surface area contributed by atoms with Gasteiger partial charge in [0.1, 0.15) is 5.75 Å². The van der Waals surface area contributed by atoms with Crippen LogP contribution in [0.2, 0.25) is 0 Å². The Morgan fingerprint density at radius 1 is 1.44 bits per heavy atom. The van der Waals surface area contributed by atoms with E-state index in [2.05, 4.69) is 0 Å². The van der Waals surface area contributed by atoms with Gasteiger partial charge in [-0.2, -0.15) is 0 Å². The summed E-state index contributed by atoms with van der Waals surface area (Å²) >= 11 is 5.43. The molecule has 5 heteroatoms. The SMILES string of the molecule is CCOc1ccc(N2C[C@@H](C(=O)Cl)CC2=O)cc1. The van der Waals surface area contributed by atoms with Crippen molar-refractivity contribution < 1.29 is 14.3 Å².